The highest BCUT2D eigenvalue weighted by Gasteiger charge is 2.18. The molecule has 0 saturated heterocycles. The lowest BCUT2D eigenvalue weighted by atomic mass is 10.1. The molecule has 2 aromatic rings. The molecule has 1 amide bonds. The van der Waals surface area contributed by atoms with Crippen LogP contribution < -0.4 is 10.9 Å². The van der Waals surface area contributed by atoms with Gasteiger partial charge in [0.2, 0.25) is 5.91 Å². The van der Waals surface area contributed by atoms with Gasteiger partial charge >= 0.3 is 0 Å². The average molecular weight is 356 g/mol. The van der Waals surface area contributed by atoms with Crippen LogP contribution in [0.2, 0.25) is 0 Å². The van der Waals surface area contributed by atoms with E-state index in [9.17, 15) is 9.59 Å². The number of nitrogens with one attached hydrogen (secondary N) is 2. The van der Waals surface area contributed by atoms with Gasteiger partial charge in [0, 0.05) is 5.69 Å². The van der Waals surface area contributed by atoms with Crippen LogP contribution in [0, 0.1) is 25.2 Å². The topological polar surface area (TPSA) is 98.6 Å². The molecule has 6 nitrogen and oxygen atoms in total. The van der Waals surface area contributed by atoms with Gasteiger partial charge in [0.25, 0.3) is 5.56 Å². The molecule has 7 heteroatoms. The van der Waals surface area contributed by atoms with Gasteiger partial charge < -0.3 is 10.3 Å². The van der Waals surface area contributed by atoms with E-state index in [0.717, 1.165) is 28.6 Å². The minimum atomic E-state index is -0.473. The second-order valence-corrected chi connectivity index (χ2v) is 6.98. The SMILES string of the molecule is CCc1nc(S[C@@H](C)C(=O)Nc2cccc(C)c2C)[nH]c(=O)c1C#N. The number of hydrogen-bond acceptors (Lipinski definition) is 5. The van der Waals surface area contributed by atoms with Crippen molar-refractivity contribution in [2.24, 2.45) is 0 Å². The minimum Gasteiger partial charge on any atom is -0.325 e. The van der Waals surface area contributed by atoms with E-state index >= 15 is 0 Å². The molecule has 0 saturated carbocycles. The van der Waals surface area contributed by atoms with E-state index in [1.165, 1.54) is 0 Å². The number of nitrogens with zero attached hydrogens (tertiary/aromatic N) is 2. The third-order valence-corrected chi connectivity index (χ3v) is 4.92. The van der Waals surface area contributed by atoms with Crippen molar-refractivity contribution in [1.82, 2.24) is 9.97 Å². The lowest BCUT2D eigenvalue weighted by molar-refractivity contribution is -0.115. The summed E-state index contributed by atoms with van der Waals surface area (Å²) < 4.78 is 0. The van der Waals surface area contributed by atoms with Crippen LogP contribution in [0.25, 0.3) is 0 Å². The zero-order valence-corrected chi connectivity index (χ0v) is 15.5. The summed E-state index contributed by atoms with van der Waals surface area (Å²) in [5.74, 6) is -0.177. The maximum Gasteiger partial charge on any atom is 0.269 e. The van der Waals surface area contributed by atoms with E-state index < -0.39 is 10.8 Å². The van der Waals surface area contributed by atoms with Gasteiger partial charge in [-0.15, -0.1) is 0 Å². The lowest BCUT2D eigenvalue weighted by Crippen LogP contribution is -2.24. The number of H-pyrrole nitrogens is 1. The van der Waals surface area contributed by atoms with E-state index in [-0.39, 0.29) is 11.5 Å². The van der Waals surface area contributed by atoms with Crippen molar-refractivity contribution in [2.75, 3.05) is 5.32 Å². The zero-order chi connectivity index (χ0) is 18.6. The van der Waals surface area contributed by atoms with E-state index in [4.69, 9.17) is 5.26 Å². The molecule has 0 aliphatic heterocycles. The van der Waals surface area contributed by atoms with E-state index in [1.807, 2.05) is 45.0 Å². The quantitative estimate of drug-likeness (QED) is 0.634. The molecule has 0 bridgehead atoms. The number of aromatic nitrogens is 2. The second kappa shape index (κ2) is 7.99. The number of carbonyl (C=O) groups is 1. The molecule has 0 aliphatic carbocycles. The highest BCUT2D eigenvalue weighted by molar-refractivity contribution is 8.00. The Morgan fingerprint density at radius 1 is 1.44 bits per heavy atom. The third kappa shape index (κ3) is 4.28. The van der Waals surface area contributed by atoms with Crippen LogP contribution in [0.4, 0.5) is 5.69 Å². The van der Waals surface area contributed by atoms with Crippen LogP contribution in [0.15, 0.2) is 28.2 Å². The number of nitriles is 1. The Bertz CT molecular complexity index is 899. The fourth-order valence-electron chi connectivity index (χ4n) is 2.27. The summed E-state index contributed by atoms with van der Waals surface area (Å²) in [6.07, 6.45) is 0.476. The van der Waals surface area contributed by atoms with Crippen molar-refractivity contribution in [1.29, 1.82) is 5.26 Å². The molecule has 0 spiro atoms. The summed E-state index contributed by atoms with van der Waals surface area (Å²) in [5.41, 5.74) is 2.89. The maximum absolute atomic E-state index is 12.4. The summed E-state index contributed by atoms with van der Waals surface area (Å²) in [6.45, 7) is 7.51. The number of aryl methyl sites for hydroxylation is 2. The third-order valence-electron chi connectivity index (χ3n) is 3.94. The van der Waals surface area contributed by atoms with Crippen molar-refractivity contribution in [2.45, 2.75) is 44.5 Å². The molecule has 0 fully saturated rings. The van der Waals surface area contributed by atoms with Crippen LogP contribution in [0.5, 0.6) is 0 Å². The highest BCUT2D eigenvalue weighted by Crippen LogP contribution is 2.23. The monoisotopic (exact) mass is 356 g/mol. The number of carbonyl (C=O) groups excluding carboxylic acids is 1. The molecule has 2 rings (SSSR count). The van der Waals surface area contributed by atoms with Gasteiger partial charge in [-0.05, 0) is 44.4 Å². The van der Waals surface area contributed by atoms with E-state index in [1.54, 1.807) is 6.92 Å². The second-order valence-electron chi connectivity index (χ2n) is 5.65. The molecular weight excluding hydrogens is 336 g/mol. The fraction of sp³-hybridized carbons (Fsp3) is 0.333. The molecule has 1 atom stereocenters. The molecule has 0 aliphatic rings. The van der Waals surface area contributed by atoms with Crippen LogP contribution in [0.1, 0.15) is 36.2 Å². The lowest BCUT2D eigenvalue weighted by Gasteiger charge is -2.14. The van der Waals surface area contributed by atoms with Gasteiger partial charge in [-0.1, -0.05) is 30.8 Å². The Kier molecular flexibility index (Phi) is 5.99. The van der Waals surface area contributed by atoms with Crippen molar-refractivity contribution < 1.29 is 4.79 Å². The predicted molar refractivity (Wildman–Crippen MR) is 98.8 cm³/mol. The number of thioether (sulfide) groups is 1. The Labute approximate surface area is 150 Å². The number of rotatable bonds is 5. The summed E-state index contributed by atoms with van der Waals surface area (Å²) in [5, 5.41) is 11.8. The van der Waals surface area contributed by atoms with Crippen LogP contribution in [-0.4, -0.2) is 21.1 Å². The molecule has 130 valence electrons. The average Bonchev–Trinajstić information content (AvgIpc) is 2.58. The van der Waals surface area contributed by atoms with Gasteiger partial charge in [-0.25, -0.2) is 4.98 Å². The van der Waals surface area contributed by atoms with E-state index in [0.29, 0.717) is 17.3 Å². The first kappa shape index (κ1) is 18.7. The molecule has 1 aromatic carbocycles. The van der Waals surface area contributed by atoms with Gasteiger partial charge in [-0.3, -0.25) is 9.59 Å². The first-order chi connectivity index (χ1) is 11.9. The predicted octanol–water partition coefficient (Wildman–Crippen LogP) is 2.94. The van der Waals surface area contributed by atoms with Crippen LogP contribution in [0.3, 0.4) is 0 Å². The Hall–Kier alpha value is -2.59. The maximum atomic E-state index is 12.4. The van der Waals surface area contributed by atoms with Crippen LogP contribution in [-0.2, 0) is 11.2 Å². The van der Waals surface area contributed by atoms with Crippen molar-refractivity contribution in [3.8, 4) is 6.07 Å². The summed E-state index contributed by atoms with van der Waals surface area (Å²) in [7, 11) is 0. The number of anilines is 1. The first-order valence-corrected chi connectivity index (χ1v) is 8.82. The number of amides is 1. The van der Waals surface area contributed by atoms with Crippen molar-refractivity contribution >= 4 is 23.4 Å². The van der Waals surface area contributed by atoms with E-state index in [2.05, 4.69) is 15.3 Å². The Balaban J connectivity index is 2.17. The normalized spacial score (nSPS) is 11.6. The van der Waals surface area contributed by atoms with Gasteiger partial charge in [0.1, 0.15) is 11.6 Å². The van der Waals surface area contributed by atoms with Crippen molar-refractivity contribution in [3.05, 3.63) is 50.9 Å². The van der Waals surface area contributed by atoms with Gasteiger partial charge in [-0.2, -0.15) is 5.26 Å². The largest absolute Gasteiger partial charge is 0.325 e. The molecule has 25 heavy (non-hydrogen) atoms. The van der Waals surface area contributed by atoms with Crippen molar-refractivity contribution in [3.63, 3.8) is 0 Å². The number of benzene rings is 1. The Morgan fingerprint density at radius 3 is 2.80 bits per heavy atom. The highest BCUT2D eigenvalue weighted by atomic mass is 32.2. The van der Waals surface area contributed by atoms with Crippen LogP contribution >= 0.6 is 11.8 Å². The van der Waals surface area contributed by atoms with Gasteiger partial charge in [0.15, 0.2) is 5.16 Å². The molecule has 1 aromatic heterocycles. The molecular formula is C18H20N4O2S. The Morgan fingerprint density at radius 2 is 2.16 bits per heavy atom. The minimum absolute atomic E-state index is 0.0272. The fourth-order valence-corrected chi connectivity index (χ4v) is 3.08. The number of hydrogen-bond donors (Lipinski definition) is 2. The zero-order valence-electron chi connectivity index (χ0n) is 14.6. The molecule has 0 unspecified atom stereocenters. The summed E-state index contributed by atoms with van der Waals surface area (Å²) in [6, 6.07) is 7.60. The molecule has 0 radical (unpaired) electrons. The standard InChI is InChI=1S/C18H20N4O2S/c1-5-14-13(9-19)17(24)22-18(21-14)25-12(4)16(23)20-15-8-6-7-10(2)11(15)3/h6-8,12H,5H2,1-4H3,(H,20,23)(H,21,22,24)/t12-/m0/s1. The molecule has 1 heterocycles. The molecule has 2 N–H and O–H groups in total. The number of aromatic amines is 1. The summed E-state index contributed by atoms with van der Waals surface area (Å²) in [4.78, 5) is 31.2. The first-order valence-electron chi connectivity index (χ1n) is 7.94. The van der Waals surface area contributed by atoms with Gasteiger partial charge in [0.05, 0.1) is 10.9 Å². The smallest absolute Gasteiger partial charge is 0.269 e. The summed E-state index contributed by atoms with van der Waals surface area (Å²) >= 11 is 1.16.